The molecule has 0 unspecified atom stereocenters. The number of amides is 1. The molecule has 25 heavy (non-hydrogen) atoms. The molecule has 1 aliphatic heterocycles. The highest BCUT2D eigenvalue weighted by molar-refractivity contribution is 6.33. The van der Waals surface area contributed by atoms with E-state index in [1.54, 1.807) is 11.7 Å². The van der Waals surface area contributed by atoms with Crippen molar-refractivity contribution in [3.8, 4) is 5.75 Å². The number of aromatic nitrogens is 2. The highest BCUT2D eigenvalue weighted by Gasteiger charge is 2.27. The lowest BCUT2D eigenvalue weighted by molar-refractivity contribution is 0.0619. The van der Waals surface area contributed by atoms with Crippen LogP contribution in [0.15, 0.2) is 30.3 Å². The summed E-state index contributed by atoms with van der Waals surface area (Å²) in [5, 5.41) is 4.62. The average molecular weight is 363 g/mol. The van der Waals surface area contributed by atoms with Gasteiger partial charge in [0.05, 0.1) is 11.3 Å². The Labute approximate surface area is 152 Å². The first-order valence-corrected chi connectivity index (χ1v) is 8.82. The molecule has 134 valence electrons. The SMILES string of the molecule is Cc1nn(C)c(Cl)c1C(=O)N1CCN(CCOc2ccccc2)CC1. The number of halogens is 1. The number of piperazine rings is 1. The van der Waals surface area contributed by atoms with Crippen LogP contribution in [0.3, 0.4) is 0 Å². The number of carbonyl (C=O) groups is 1. The van der Waals surface area contributed by atoms with Crippen molar-refractivity contribution in [3.63, 3.8) is 0 Å². The Morgan fingerprint density at radius 1 is 1.20 bits per heavy atom. The second kappa shape index (κ2) is 7.89. The molecule has 1 amide bonds. The van der Waals surface area contributed by atoms with Crippen LogP contribution in [0, 0.1) is 6.92 Å². The standard InChI is InChI=1S/C18H23ClN4O2/c1-14-16(17(19)21(2)20-14)18(24)23-10-8-22(9-11-23)12-13-25-15-6-4-3-5-7-15/h3-7H,8-13H2,1-2H3. The Morgan fingerprint density at radius 2 is 1.88 bits per heavy atom. The van der Waals surface area contributed by atoms with E-state index in [0.29, 0.717) is 36.1 Å². The zero-order chi connectivity index (χ0) is 17.8. The highest BCUT2D eigenvalue weighted by atomic mass is 35.5. The predicted octanol–water partition coefficient (Wildman–Crippen LogP) is 2.22. The number of para-hydroxylation sites is 1. The van der Waals surface area contributed by atoms with Crippen molar-refractivity contribution in [2.75, 3.05) is 39.3 Å². The van der Waals surface area contributed by atoms with Gasteiger partial charge in [-0.15, -0.1) is 0 Å². The third-order valence-corrected chi connectivity index (χ3v) is 4.88. The smallest absolute Gasteiger partial charge is 0.258 e. The number of hydrogen-bond acceptors (Lipinski definition) is 4. The molecule has 1 aromatic heterocycles. The van der Waals surface area contributed by atoms with Crippen molar-refractivity contribution >= 4 is 17.5 Å². The van der Waals surface area contributed by atoms with Gasteiger partial charge in [-0.25, -0.2) is 0 Å². The van der Waals surface area contributed by atoms with Crippen molar-refractivity contribution in [3.05, 3.63) is 46.7 Å². The number of carbonyl (C=O) groups excluding carboxylic acids is 1. The molecule has 1 saturated heterocycles. The molecule has 0 bridgehead atoms. The number of benzene rings is 1. The van der Waals surface area contributed by atoms with Crippen LogP contribution < -0.4 is 4.74 Å². The monoisotopic (exact) mass is 362 g/mol. The minimum absolute atomic E-state index is 0.0317. The molecule has 0 radical (unpaired) electrons. The molecule has 1 aromatic carbocycles. The molecule has 1 fully saturated rings. The summed E-state index contributed by atoms with van der Waals surface area (Å²) >= 11 is 6.21. The van der Waals surface area contributed by atoms with Crippen molar-refractivity contribution < 1.29 is 9.53 Å². The van der Waals surface area contributed by atoms with E-state index < -0.39 is 0 Å². The summed E-state index contributed by atoms with van der Waals surface area (Å²) < 4.78 is 7.28. The van der Waals surface area contributed by atoms with Crippen LogP contribution in [-0.4, -0.2) is 64.8 Å². The first-order chi connectivity index (χ1) is 12.1. The normalized spacial score (nSPS) is 15.4. The Morgan fingerprint density at radius 3 is 2.48 bits per heavy atom. The van der Waals surface area contributed by atoms with Gasteiger partial charge >= 0.3 is 0 Å². The van der Waals surface area contributed by atoms with Gasteiger partial charge in [-0.2, -0.15) is 5.10 Å². The molecule has 0 atom stereocenters. The second-order valence-electron chi connectivity index (χ2n) is 6.17. The van der Waals surface area contributed by atoms with Gasteiger partial charge in [-0.05, 0) is 19.1 Å². The lowest BCUT2D eigenvalue weighted by Gasteiger charge is -2.34. The molecule has 0 N–H and O–H groups in total. The van der Waals surface area contributed by atoms with E-state index in [2.05, 4.69) is 10.00 Å². The Bertz CT molecular complexity index is 724. The zero-order valence-corrected chi connectivity index (χ0v) is 15.4. The van der Waals surface area contributed by atoms with Crippen molar-refractivity contribution in [2.24, 2.45) is 7.05 Å². The molecule has 0 spiro atoms. The van der Waals surface area contributed by atoms with Crippen molar-refractivity contribution in [1.29, 1.82) is 0 Å². The summed E-state index contributed by atoms with van der Waals surface area (Å²) in [6, 6.07) is 9.81. The summed E-state index contributed by atoms with van der Waals surface area (Å²) in [7, 11) is 1.75. The van der Waals surface area contributed by atoms with Crippen LogP contribution in [0.4, 0.5) is 0 Å². The molecular formula is C18H23ClN4O2. The Hall–Kier alpha value is -2.05. The van der Waals surface area contributed by atoms with E-state index in [0.717, 1.165) is 25.4 Å². The van der Waals surface area contributed by atoms with Crippen LogP contribution in [0.2, 0.25) is 5.15 Å². The fraction of sp³-hybridized carbons (Fsp3) is 0.444. The van der Waals surface area contributed by atoms with E-state index in [1.807, 2.05) is 42.2 Å². The van der Waals surface area contributed by atoms with Gasteiger partial charge in [-0.3, -0.25) is 14.4 Å². The topological polar surface area (TPSA) is 50.6 Å². The minimum atomic E-state index is -0.0317. The predicted molar refractivity (Wildman–Crippen MR) is 97.2 cm³/mol. The quantitative estimate of drug-likeness (QED) is 0.818. The summed E-state index contributed by atoms with van der Waals surface area (Å²) in [5.41, 5.74) is 1.20. The summed E-state index contributed by atoms with van der Waals surface area (Å²) in [4.78, 5) is 16.9. The fourth-order valence-corrected chi connectivity index (χ4v) is 3.27. The van der Waals surface area contributed by atoms with E-state index in [9.17, 15) is 4.79 Å². The van der Waals surface area contributed by atoms with Crippen LogP contribution in [0.1, 0.15) is 16.1 Å². The summed E-state index contributed by atoms with van der Waals surface area (Å²) in [5.74, 6) is 0.855. The van der Waals surface area contributed by atoms with Gasteiger partial charge in [0.2, 0.25) is 0 Å². The molecule has 6 nitrogen and oxygen atoms in total. The Kier molecular flexibility index (Phi) is 5.60. The van der Waals surface area contributed by atoms with Crippen LogP contribution in [0.25, 0.3) is 0 Å². The fourth-order valence-electron chi connectivity index (χ4n) is 3.01. The molecule has 2 heterocycles. The maximum Gasteiger partial charge on any atom is 0.258 e. The molecule has 0 saturated carbocycles. The second-order valence-corrected chi connectivity index (χ2v) is 6.53. The van der Waals surface area contributed by atoms with E-state index in [1.165, 1.54) is 0 Å². The van der Waals surface area contributed by atoms with Gasteiger partial charge in [0.25, 0.3) is 5.91 Å². The maximum absolute atomic E-state index is 12.7. The number of ether oxygens (including phenoxy) is 1. The van der Waals surface area contributed by atoms with Gasteiger partial charge in [0, 0.05) is 39.8 Å². The van der Waals surface area contributed by atoms with Crippen LogP contribution >= 0.6 is 11.6 Å². The zero-order valence-electron chi connectivity index (χ0n) is 14.6. The number of aryl methyl sites for hydroxylation is 2. The minimum Gasteiger partial charge on any atom is -0.492 e. The lowest BCUT2D eigenvalue weighted by Crippen LogP contribution is -2.49. The molecule has 0 aliphatic carbocycles. The molecule has 1 aliphatic rings. The lowest BCUT2D eigenvalue weighted by atomic mass is 10.2. The third kappa shape index (κ3) is 4.14. The molecule has 2 aromatic rings. The van der Waals surface area contributed by atoms with Gasteiger partial charge in [-0.1, -0.05) is 29.8 Å². The van der Waals surface area contributed by atoms with Gasteiger partial charge in [0.1, 0.15) is 17.5 Å². The van der Waals surface area contributed by atoms with Crippen molar-refractivity contribution in [2.45, 2.75) is 6.92 Å². The van der Waals surface area contributed by atoms with Crippen LogP contribution in [0.5, 0.6) is 5.75 Å². The number of rotatable bonds is 5. The Balaban J connectivity index is 1.47. The van der Waals surface area contributed by atoms with E-state index >= 15 is 0 Å². The van der Waals surface area contributed by atoms with Crippen molar-refractivity contribution in [1.82, 2.24) is 19.6 Å². The number of hydrogen-bond donors (Lipinski definition) is 0. The average Bonchev–Trinajstić information content (AvgIpc) is 2.88. The summed E-state index contributed by atoms with van der Waals surface area (Å²) in [6.07, 6.45) is 0. The largest absolute Gasteiger partial charge is 0.492 e. The maximum atomic E-state index is 12.7. The van der Waals surface area contributed by atoms with E-state index in [4.69, 9.17) is 16.3 Å². The highest BCUT2D eigenvalue weighted by Crippen LogP contribution is 2.21. The van der Waals surface area contributed by atoms with Gasteiger partial charge < -0.3 is 9.64 Å². The van der Waals surface area contributed by atoms with E-state index in [-0.39, 0.29) is 5.91 Å². The molecule has 3 rings (SSSR count). The van der Waals surface area contributed by atoms with Gasteiger partial charge in [0.15, 0.2) is 0 Å². The third-order valence-electron chi connectivity index (χ3n) is 4.45. The summed E-state index contributed by atoms with van der Waals surface area (Å²) in [6.45, 7) is 6.36. The number of nitrogens with zero attached hydrogens (tertiary/aromatic N) is 4. The first kappa shape index (κ1) is 17.8. The first-order valence-electron chi connectivity index (χ1n) is 8.45. The molecule has 7 heteroatoms. The molecular weight excluding hydrogens is 340 g/mol. The van der Waals surface area contributed by atoms with Crippen LogP contribution in [-0.2, 0) is 7.05 Å².